The van der Waals surface area contributed by atoms with E-state index in [0.717, 1.165) is 11.3 Å². The van der Waals surface area contributed by atoms with Gasteiger partial charge in [-0.25, -0.2) is 0 Å². The molecule has 0 aliphatic rings. The topological polar surface area (TPSA) is 66.4 Å². The van der Waals surface area contributed by atoms with E-state index in [2.05, 4.69) is 5.32 Å². The highest BCUT2D eigenvalue weighted by Crippen LogP contribution is 2.10. The van der Waals surface area contributed by atoms with Gasteiger partial charge >= 0.3 is 5.97 Å². The number of thioether (sulfide) groups is 1. The molecule has 1 aromatic carbocycles. The Hall–Kier alpha value is -1.49. The van der Waals surface area contributed by atoms with Crippen molar-refractivity contribution in [2.75, 3.05) is 16.8 Å². The Labute approximate surface area is 104 Å². The van der Waals surface area contributed by atoms with Crippen LogP contribution < -0.4 is 5.32 Å². The van der Waals surface area contributed by atoms with E-state index in [-0.39, 0.29) is 18.1 Å². The third-order valence-electron chi connectivity index (χ3n) is 2.03. The van der Waals surface area contributed by atoms with E-state index in [1.165, 1.54) is 11.8 Å². The fourth-order valence-corrected chi connectivity index (χ4v) is 1.88. The molecule has 0 bridgehead atoms. The normalized spacial score (nSPS) is 9.94. The summed E-state index contributed by atoms with van der Waals surface area (Å²) < 4.78 is 0. The van der Waals surface area contributed by atoms with Gasteiger partial charge in [0, 0.05) is 11.4 Å². The second kappa shape index (κ2) is 6.96. The molecular formula is C12H15NO3S. The van der Waals surface area contributed by atoms with Gasteiger partial charge in [0.1, 0.15) is 0 Å². The van der Waals surface area contributed by atoms with Crippen LogP contribution in [0.25, 0.3) is 0 Å². The van der Waals surface area contributed by atoms with E-state index in [1.807, 2.05) is 31.2 Å². The molecule has 1 amide bonds. The fourth-order valence-electron chi connectivity index (χ4n) is 1.16. The molecule has 2 N–H and O–H groups in total. The third-order valence-corrected chi connectivity index (χ3v) is 2.99. The molecule has 17 heavy (non-hydrogen) atoms. The zero-order chi connectivity index (χ0) is 12.7. The summed E-state index contributed by atoms with van der Waals surface area (Å²) in [5, 5.41) is 11.2. The summed E-state index contributed by atoms with van der Waals surface area (Å²) in [7, 11) is 0. The number of amides is 1. The molecule has 0 saturated heterocycles. The maximum absolute atomic E-state index is 11.5. The van der Waals surface area contributed by atoms with E-state index < -0.39 is 5.97 Å². The molecule has 0 spiro atoms. The highest BCUT2D eigenvalue weighted by Gasteiger charge is 2.03. The van der Waals surface area contributed by atoms with Crippen LogP contribution in [0.3, 0.4) is 0 Å². The fraction of sp³-hybridized carbons (Fsp3) is 0.333. The number of carboxylic acids is 1. The Kier molecular flexibility index (Phi) is 5.56. The quantitative estimate of drug-likeness (QED) is 0.762. The van der Waals surface area contributed by atoms with Crippen LogP contribution in [0.2, 0.25) is 0 Å². The highest BCUT2D eigenvalue weighted by molar-refractivity contribution is 7.99. The van der Waals surface area contributed by atoms with Gasteiger partial charge in [-0.3, -0.25) is 9.59 Å². The van der Waals surface area contributed by atoms with E-state index >= 15 is 0 Å². The number of aryl methyl sites for hydroxylation is 1. The van der Waals surface area contributed by atoms with Crippen LogP contribution in [-0.2, 0) is 9.59 Å². The van der Waals surface area contributed by atoms with Crippen molar-refractivity contribution in [1.82, 2.24) is 0 Å². The number of carboxylic acid groups (broad SMARTS) is 1. The van der Waals surface area contributed by atoms with Crippen molar-refractivity contribution in [3.05, 3.63) is 29.8 Å². The number of carbonyl (C=O) groups excluding carboxylic acids is 1. The van der Waals surface area contributed by atoms with Crippen molar-refractivity contribution in [3.63, 3.8) is 0 Å². The molecule has 0 aliphatic carbocycles. The molecule has 0 aromatic heterocycles. The number of anilines is 1. The highest BCUT2D eigenvalue weighted by atomic mass is 32.2. The van der Waals surface area contributed by atoms with E-state index in [1.54, 1.807) is 0 Å². The predicted octanol–water partition coefficient (Wildman–Crippen LogP) is 2.14. The number of nitrogens with one attached hydrogen (secondary N) is 1. The lowest BCUT2D eigenvalue weighted by Gasteiger charge is -2.04. The lowest BCUT2D eigenvalue weighted by atomic mass is 10.2. The van der Waals surface area contributed by atoms with Crippen LogP contribution in [-0.4, -0.2) is 28.5 Å². The molecule has 0 radical (unpaired) electrons. The summed E-state index contributed by atoms with van der Waals surface area (Å²) in [4.78, 5) is 21.7. The van der Waals surface area contributed by atoms with Crippen molar-refractivity contribution in [1.29, 1.82) is 0 Å². The van der Waals surface area contributed by atoms with Gasteiger partial charge in [0.25, 0.3) is 0 Å². The number of rotatable bonds is 6. The molecule has 5 heteroatoms. The standard InChI is InChI=1S/C12H15NO3S/c1-9-2-4-10(5-3-9)13-11(14)8-17-7-6-12(15)16/h2-5H,6-8H2,1H3,(H,13,14)(H,15,16). The maximum Gasteiger partial charge on any atom is 0.304 e. The zero-order valence-corrected chi connectivity index (χ0v) is 10.4. The number of benzene rings is 1. The van der Waals surface area contributed by atoms with Crippen molar-refractivity contribution in [3.8, 4) is 0 Å². The molecule has 0 saturated carbocycles. The summed E-state index contributed by atoms with van der Waals surface area (Å²) >= 11 is 1.32. The van der Waals surface area contributed by atoms with Gasteiger partial charge in [0.15, 0.2) is 0 Å². The molecule has 4 nitrogen and oxygen atoms in total. The Morgan fingerprint density at radius 3 is 2.53 bits per heavy atom. The molecule has 0 aliphatic heterocycles. The molecule has 92 valence electrons. The SMILES string of the molecule is Cc1ccc(NC(=O)CSCCC(=O)O)cc1. The minimum absolute atomic E-state index is 0.0858. The zero-order valence-electron chi connectivity index (χ0n) is 9.60. The van der Waals surface area contributed by atoms with Gasteiger partial charge in [0.05, 0.1) is 12.2 Å². The number of hydrogen-bond acceptors (Lipinski definition) is 3. The molecule has 1 rings (SSSR count). The van der Waals surface area contributed by atoms with Crippen LogP contribution in [0.1, 0.15) is 12.0 Å². The largest absolute Gasteiger partial charge is 0.481 e. The van der Waals surface area contributed by atoms with Crippen LogP contribution in [0.15, 0.2) is 24.3 Å². The van der Waals surface area contributed by atoms with Crippen molar-refractivity contribution >= 4 is 29.3 Å². The minimum Gasteiger partial charge on any atom is -0.481 e. The Morgan fingerprint density at radius 1 is 1.29 bits per heavy atom. The van der Waals surface area contributed by atoms with E-state index in [9.17, 15) is 9.59 Å². The summed E-state index contributed by atoms with van der Waals surface area (Å²) in [6.07, 6.45) is 0.0858. The third kappa shape index (κ3) is 5.97. The minimum atomic E-state index is -0.837. The number of aliphatic carboxylic acids is 1. The van der Waals surface area contributed by atoms with Crippen molar-refractivity contribution < 1.29 is 14.7 Å². The van der Waals surface area contributed by atoms with Gasteiger partial charge in [-0.2, -0.15) is 11.8 Å². The summed E-state index contributed by atoms with van der Waals surface area (Å²) in [5.41, 5.74) is 1.90. The summed E-state index contributed by atoms with van der Waals surface area (Å²) in [6, 6.07) is 7.53. The van der Waals surface area contributed by atoms with Gasteiger partial charge in [0.2, 0.25) is 5.91 Å². The van der Waals surface area contributed by atoms with Gasteiger partial charge in [-0.1, -0.05) is 17.7 Å². The Bertz CT molecular complexity index is 389. The molecule has 0 fully saturated rings. The average molecular weight is 253 g/mol. The molecule has 0 atom stereocenters. The molecule has 1 aromatic rings. The van der Waals surface area contributed by atoms with Crippen molar-refractivity contribution in [2.45, 2.75) is 13.3 Å². The van der Waals surface area contributed by atoms with Gasteiger partial charge < -0.3 is 10.4 Å². The molecule has 0 unspecified atom stereocenters. The van der Waals surface area contributed by atoms with Gasteiger partial charge in [-0.05, 0) is 19.1 Å². The van der Waals surface area contributed by atoms with Crippen molar-refractivity contribution in [2.24, 2.45) is 0 Å². The van der Waals surface area contributed by atoms with Crippen LogP contribution in [0.4, 0.5) is 5.69 Å². The first-order valence-electron chi connectivity index (χ1n) is 5.24. The summed E-state index contributed by atoms with van der Waals surface area (Å²) in [6.45, 7) is 1.98. The van der Waals surface area contributed by atoms with E-state index in [4.69, 9.17) is 5.11 Å². The first-order chi connectivity index (χ1) is 8.08. The first kappa shape index (κ1) is 13.6. The Balaban J connectivity index is 2.25. The Morgan fingerprint density at radius 2 is 1.94 bits per heavy atom. The summed E-state index contributed by atoms with van der Waals surface area (Å²) in [5.74, 6) is -0.210. The number of carbonyl (C=O) groups is 2. The van der Waals surface area contributed by atoms with Crippen LogP contribution in [0.5, 0.6) is 0 Å². The lowest BCUT2D eigenvalue weighted by Crippen LogP contribution is -2.14. The maximum atomic E-state index is 11.5. The number of hydrogen-bond donors (Lipinski definition) is 2. The van der Waals surface area contributed by atoms with Crippen LogP contribution in [0, 0.1) is 6.92 Å². The predicted molar refractivity (Wildman–Crippen MR) is 69.4 cm³/mol. The van der Waals surface area contributed by atoms with Gasteiger partial charge in [-0.15, -0.1) is 0 Å². The smallest absolute Gasteiger partial charge is 0.304 e. The van der Waals surface area contributed by atoms with Crippen LogP contribution >= 0.6 is 11.8 Å². The second-order valence-corrected chi connectivity index (χ2v) is 4.72. The second-order valence-electron chi connectivity index (χ2n) is 3.61. The lowest BCUT2D eigenvalue weighted by molar-refractivity contribution is -0.136. The molecule has 0 heterocycles. The average Bonchev–Trinajstić information content (AvgIpc) is 2.27. The first-order valence-corrected chi connectivity index (χ1v) is 6.39. The molecular weight excluding hydrogens is 238 g/mol. The monoisotopic (exact) mass is 253 g/mol. The van der Waals surface area contributed by atoms with E-state index in [0.29, 0.717) is 5.75 Å².